The first-order valence-electron chi connectivity index (χ1n) is 8.88. The molecule has 11 heteroatoms. The molecular weight excluding hydrogens is 383 g/mol. The van der Waals surface area contributed by atoms with Crippen molar-refractivity contribution in [2.45, 2.75) is 31.1 Å². The number of benzene rings is 1. The third kappa shape index (κ3) is 3.50. The second kappa shape index (κ2) is 7.70. The summed E-state index contributed by atoms with van der Waals surface area (Å²) in [4.78, 5) is 24.5. The number of carbonyl (C=O) groups is 1. The number of aromatic nitrogens is 4. The zero-order valence-corrected chi connectivity index (χ0v) is 15.4. The normalized spacial score (nSPS) is 24.0. The van der Waals surface area contributed by atoms with Crippen LogP contribution in [0, 0.1) is 5.82 Å². The number of anilines is 1. The fourth-order valence-electron chi connectivity index (χ4n) is 3.25. The van der Waals surface area contributed by atoms with Gasteiger partial charge in [-0.2, -0.15) is 0 Å². The molecule has 2 aromatic heterocycles. The Bertz CT molecular complexity index is 1040. The largest absolute Gasteiger partial charge is 0.387 e. The molecule has 4 rings (SSSR count). The second-order valence-electron chi connectivity index (χ2n) is 6.57. The minimum absolute atomic E-state index is 0.316. The summed E-state index contributed by atoms with van der Waals surface area (Å²) in [6.45, 7) is 0.316. The minimum atomic E-state index is -1.40. The highest BCUT2D eigenvalue weighted by Gasteiger charge is 2.47. The number of halogens is 1. The number of ether oxygens (including phenoxy) is 1. The van der Waals surface area contributed by atoms with Crippen molar-refractivity contribution in [3.8, 4) is 0 Å². The van der Waals surface area contributed by atoms with Crippen LogP contribution in [0.15, 0.2) is 36.9 Å². The van der Waals surface area contributed by atoms with Crippen LogP contribution in [0.4, 0.5) is 10.2 Å². The molecular formula is C18H19FN6O4. The summed E-state index contributed by atoms with van der Waals surface area (Å²) in [5.41, 5.74) is 1.47. The van der Waals surface area contributed by atoms with Gasteiger partial charge in [0.1, 0.15) is 24.4 Å². The summed E-state index contributed by atoms with van der Waals surface area (Å²) in [7, 11) is 1.41. The van der Waals surface area contributed by atoms with E-state index in [-0.39, 0.29) is 5.82 Å². The highest BCUT2D eigenvalue weighted by molar-refractivity contribution is 5.83. The first-order chi connectivity index (χ1) is 14.0. The average molecular weight is 402 g/mol. The summed E-state index contributed by atoms with van der Waals surface area (Å²) in [6, 6.07) is 6.16. The van der Waals surface area contributed by atoms with Crippen molar-refractivity contribution in [2.75, 3.05) is 12.4 Å². The third-order valence-corrected chi connectivity index (χ3v) is 4.73. The van der Waals surface area contributed by atoms with Crippen molar-refractivity contribution in [1.29, 1.82) is 0 Å². The fraction of sp³-hybridized carbons (Fsp3) is 0.333. The Labute approximate surface area is 164 Å². The fourth-order valence-corrected chi connectivity index (χ4v) is 3.25. The first-order valence-corrected chi connectivity index (χ1v) is 8.88. The van der Waals surface area contributed by atoms with E-state index >= 15 is 0 Å². The van der Waals surface area contributed by atoms with Crippen LogP contribution in [0.5, 0.6) is 0 Å². The van der Waals surface area contributed by atoms with Gasteiger partial charge in [0.25, 0.3) is 5.91 Å². The van der Waals surface area contributed by atoms with Crippen molar-refractivity contribution in [3.63, 3.8) is 0 Å². The van der Waals surface area contributed by atoms with E-state index in [1.807, 2.05) is 0 Å². The number of hydrogen-bond donors (Lipinski definition) is 4. The van der Waals surface area contributed by atoms with E-state index in [0.717, 1.165) is 5.56 Å². The lowest BCUT2D eigenvalue weighted by atomic mass is 10.1. The molecule has 1 amide bonds. The molecule has 3 aromatic rings. The number of amides is 1. The Morgan fingerprint density at radius 1 is 1.28 bits per heavy atom. The zero-order valence-electron chi connectivity index (χ0n) is 15.4. The summed E-state index contributed by atoms with van der Waals surface area (Å²) in [6.07, 6.45) is -2.33. The topological polar surface area (TPSA) is 134 Å². The Hall–Kier alpha value is -3.15. The van der Waals surface area contributed by atoms with E-state index in [0.29, 0.717) is 23.5 Å². The first kappa shape index (κ1) is 19.2. The van der Waals surface area contributed by atoms with Gasteiger partial charge in [-0.05, 0) is 17.7 Å². The standard InChI is InChI=1S/C18H19FN6O4/c1-20-17(28)14-12(26)13(27)18(29-14)25-8-24-11-15(22-7-23-16(11)25)21-6-9-3-2-4-10(19)5-9/h2-5,7-8,12-14,18,26-27H,6H2,1H3,(H,20,28)(H,21,22,23)/t12-,13+,14-,18+/m0/s1. The van der Waals surface area contributed by atoms with E-state index in [1.165, 1.54) is 36.4 Å². The molecule has 1 aliphatic rings. The number of aliphatic hydroxyl groups is 2. The van der Waals surface area contributed by atoms with Gasteiger partial charge in [0, 0.05) is 13.6 Å². The van der Waals surface area contributed by atoms with Crippen molar-refractivity contribution in [3.05, 3.63) is 48.3 Å². The van der Waals surface area contributed by atoms with Crippen molar-refractivity contribution in [2.24, 2.45) is 0 Å². The van der Waals surface area contributed by atoms with Crippen LogP contribution in [-0.2, 0) is 16.1 Å². The maximum atomic E-state index is 13.3. The summed E-state index contributed by atoms with van der Waals surface area (Å²) in [5, 5.41) is 26.0. The monoisotopic (exact) mass is 402 g/mol. The smallest absolute Gasteiger partial charge is 0.251 e. The van der Waals surface area contributed by atoms with Crippen LogP contribution < -0.4 is 10.6 Å². The lowest BCUT2D eigenvalue weighted by Crippen LogP contribution is -2.41. The number of aliphatic hydroxyl groups excluding tert-OH is 2. The van der Waals surface area contributed by atoms with Crippen LogP contribution in [0.2, 0.25) is 0 Å². The summed E-state index contributed by atoms with van der Waals surface area (Å²) in [5.74, 6) is -0.470. The van der Waals surface area contributed by atoms with Crippen molar-refractivity contribution < 1.29 is 24.1 Å². The molecule has 4 atom stereocenters. The molecule has 152 valence electrons. The zero-order chi connectivity index (χ0) is 20.5. The van der Waals surface area contributed by atoms with Gasteiger partial charge in [-0.15, -0.1) is 0 Å². The van der Waals surface area contributed by atoms with Crippen molar-refractivity contribution in [1.82, 2.24) is 24.8 Å². The molecule has 29 heavy (non-hydrogen) atoms. The highest BCUT2D eigenvalue weighted by Crippen LogP contribution is 2.32. The minimum Gasteiger partial charge on any atom is -0.387 e. The molecule has 0 spiro atoms. The molecule has 0 aliphatic carbocycles. The number of likely N-dealkylation sites (N-methyl/N-ethyl adjacent to an activating group) is 1. The van der Waals surface area contributed by atoms with Gasteiger partial charge in [-0.25, -0.2) is 19.3 Å². The van der Waals surface area contributed by atoms with Gasteiger partial charge >= 0.3 is 0 Å². The van der Waals surface area contributed by atoms with E-state index in [4.69, 9.17) is 4.74 Å². The number of fused-ring (bicyclic) bond motifs is 1. The molecule has 0 radical (unpaired) electrons. The summed E-state index contributed by atoms with van der Waals surface area (Å²) >= 11 is 0. The molecule has 1 saturated heterocycles. The number of imidazole rings is 1. The quantitative estimate of drug-likeness (QED) is 0.466. The van der Waals surface area contributed by atoms with Gasteiger partial charge in [0.15, 0.2) is 29.3 Å². The van der Waals surface area contributed by atoms with E-state index in [1.54, 1.807) is 12.1 Å². The van der Waals surface area contributed by atoms with E-state index in [2.05, 4.69) is 25.6 Å². The third-order valence-electron chi connectivity index (χ3n) is 4.73. The van der Waals surface area contributed by atoms with Gasteiger partial charge in [0.2, 0.25) is 0 Å². The molecule has 0 saturated carbocycles. The molecule has 10 nitrogen and oxygen atoms in total. The Kier molecular flexibility index (Phi) is 5.09. The van der Waals surface area contributed by atoms with E-state index < -0.39 is 30.4 Å². The van der Waals surface area contributed by atoms with Crippen LogP contribution in [-0.4, -0.2) is 61.0 Å². The van der Waals surface area contributed by atoms with Gasteiger partial charge in [-0.3, -0.25) is 9.36 Å². The average Bonchev–Trinajstić information content (AvgIpc) is 3.28. The Balaban J connectivity index is 1.60. The lowest BCUT2D eigenvalue weighted by Gasteiger charge is -2.16. The Morgan fingerprint density at radius 3 is 2.86 bits per heavy atom. The maximum Gasteiger partial charge on any atom is 0.251 e. The van der Waals surface area contributed by atoms with Gasteiger partial charge < -0.3 is 25.6 Å². The van der Waals surface area contributed by atoms with Crippen LogP contribution in [0.3, 0.4) is 0 Å². The van der Waals surface area contributed by atoms with Gasteiger partial charge in [0.05, 0.1) is 6.33 Å². The Morgan fingerprint density at radius 2 is 2.10 bits per heavy atom. The predicted octanol–water partition coefficient (Wildman–Crippen LogP) is -0.0573. The van der Waals surface area contributed by atoms with Crippen LogP contribution in [0.1, 0.15) is 11.8 Å². The van der Waals surface area contributed by atoms with Crippen LogP contribution >= 0.6 is 0 Å². The molecule has 1 aromatic carbocycles. The number of carbonyl (C=O) groups excluding carboxylic acids is 1. The van der Waals surface area contributed by atoms with Crippen molar-refractivity contribution >= 4 is 22.9 Å². The number of rotatable bonds is 5. The van der Waals surface area contributed by atoms with Crippen LogP contribution in [0.25, 0.3) is 11.2 Å². The molecule has 1 fully saturated rings. The predicted molar refractivity (Wildman–Crippen MR) is 99.0 cm³/mol. The van der Waals surface area contributed by atoms with E-state index in [9.17, 15) is 19.4 Å². The number of hydrogen-bond acceptors (Lipinski definition) is 8. The molecule has 0 unspecified atom stereocenters. The molecule has 1 aliphatic heterocycles. The van der Waals surface area contributed by atoms with Gasteiger partial charge in [-0.1, -0.05) is 12.1 Å². The SMILES string of the molecule is CNC(=O)[C@H]1O[C@@H](n2cnc3c(NCc4cccc(F)c4)ncnc32)[C@H](O)[C@@H]1O. The highest BCUT2D eigenvalue weighted by atomic mass is 19.1. The molecule has 0 bridgehead atoms. The second-order valence-corrected chi connectivity index (χ2v) is 6.57. The lowest BCUT2D eigenvalue weighted by molar-refractivity contribution is -0.137. The maximum absolute atomic E-state index is 13.3. The number of nitrogens with zero attached hydrogens (tertiary/aromatic N) is 4. The summed E-state index contributed by atoms with van der Waals surface area (Å²) < 4.78 is 20.3. The molecule has 3 heterocycles. The number of nitrogens with one attached hydrogen (secondary N) is 2. The molecule has 4 N–H and O–H groups in total.